The molecule has 1 fully saturated rings. The molecule has 1 amide bonds. The van der Waals surface area contributed by atoms with Gasteiger partial charge in [-0.3, -0.25) is 0 Å². The van der Waals surface area contributed by atoms with E-state index in [1.807, 2.05) is 13.8 Å². The van der Waals surface area contributed by atoms with Gasteiger partial charge in [-0.25, -0.2) is 9.48 Å². The van der Waals surface area contributed by atoms with E-state index < -0.39 is 33.2 Å². The van der Waals surface area contributed by atoms with E-state index in [0.717, 1.165) is 6.42 Å². The van der Waals surface area contributed by atoms with Crippen molar-refractivity contribution in [1.82, 2.24) is 14.7 Å². The molecule has 1 aromatic heterocycles. The summed E-state index contributed by atoms with van der Waals surface area (Å²) in [5, 5.41) is 4.47. The average Bonchev–Trinajstić information content (AvgIpc) is 3.03. The molecule has 12 heteroatoms. The molecule has 0 N–H and O–H groups in total. The minimum Gasteiger partial charge on any atom is -0.444 e. The molecule has 0 spiro atoms. The molecule has 3 rings (SSSR count). The quantitative estimate of drug-likeness (QED) is 0.475. The Labute approximate surface area is 186 Å². The summed E-state index contributed by atoms with van der Waals surface area (Å²) in [6.07, 6.45) is 1.94. The second-order valence-corrected chi connectivity index (χ2v) is 11.7. The minimum atomic E-state index is -5.87. The Bertz CT molecular complexity index is 980. The van der Waals surface area contributed by atoms with E-state index in [9.17, 15) is 26.4 Å². The highest BCUT2D eigenvalue weighted by Gasteiger charge is 2.50. The van der Waals surface area contributed by atoms with Crippen molar-refractivity contribution in [3.05, 3.63) is 11.3 Å². The number of alkyl halides is 3. The van der Waals surface area contributed by atoms with Crippen LogP contribution < -0.4 is 4.18 Å². The molecule has 8 nitrogen and oxygen atoms in total. The molecule has 0 radical (unpaired) electrons. The fourth-order valence-corrected chi connectivity index (χ4v) is 4.63. The molecule has 0 aromatic carbocycles. The largest absolute Gasteiger partial charge is 0.534 e. The number of ether oxygens (including phenoxy) is 1. The second kappa shape index (κ2) is 8.11. The van der Waals surface area contributed by atoms with Crippen LogP contribution in [0.5, 0.6) is 5.88 Å². The smallest absolute Gasteiger partial charge is 0.444 e. The Hall–Kier alpha value is -1.98. The Morgan fingerprint density at radius 3 is 2.31 bits per heavy atom. The van der Waals surface area contributed by atoms with E-state index in [1.54, 1.807) is 20.8 Å². The van der Waals surface area contributed by atoms with E-state index in [4.69, 9.17) is 4.74 Å². The molecule has 182 valence electrons. The number of nitrogens with zero attached hydrogens (tertiary/aromatic N) is 3. The summed E-state index contributed by atoms with van der Waals surface area (Å²) >= 11 is 0. The van der Waals surface area contributed by atoms with Crippen LogP contribution in [-0.4, -0.2) is 53.4 Å². The van der Waals surface area contributed by atoms with Crippen LogP contribution in [-0.2, 0) is 27.7 Å². The Morgan fingerprint density at radius 2 is 1.78 bits per heavy atom. The van der Waals surface area contributed by atoms with Crippen molar-refractivity contribution in [1.29, 1.82) is 0 Å². The molecule has 0 saturated heterocycles. The molecule has 0 bridgehead atoms. The first-order valence-electron chi connectivity index (χ1n) is 10.6. The van der Waals surface area contributed by atoms with E-state index in [-0.39, 0.29) is 43.0 Å². The molecule has 1 aromatic rings. The zero-order chi connectivity index (χ0) is 24.1. The van der Waals surface area contributed by atoms with Crippen LogP contribution >= 0.6 is 0 Å². The number of hydrogen-bond donors (Lipinski definition) is 0. The van der Waals surface area contributed by atoms with Crippen molar-refractivity contribution in [2.24, 2.45) is 5.41 Å². The number of hydrogen-bond acceptors (Lipinski definition) is 6. The number of halogens is 3. The summed E-state index contributed by atoms with van der Waals surface area (Å²) in [4.78, 5) is 13.9. The van der Waals surface area contributed by atoms with Crippen LogP contribution in [0.4, 0.5) is 18.0 Å². The summed E-state index contributed by atoms with van der Waals surface area (Å²) in [5.74, 6) is -0.397. The van der Waals surface area contributed by atoms with E-state index in [1.165, 1.54) is 9.58 Å². The first kappa shape index (κ1) is 24.7. The summed E-state index contributed by atoms with van der Waals surface area (Å²) in [6, 6.07) is -0.266. The van der Waals surface area contributed by atoms with Gasteiger partial charge in [0.2, 0.25) is 5.88 Å². The maximum absolute atomic E-state index is 13.1. The van der Waals surface area contributed by atoms with Gasteiger partial charge in [0.25, 0.3) is 0 Å². The highest BCUT2D eigenvalue weighted by atomic mass is 32.2. The number of carbonyl (C=O) groups excluding carboxylic acids is 1. The molecule has 2 heterocycles. The lowest BCUT2D eigenvalue weighted by molar-refractivity contribution is -0.0503. The Kier molecular flexibility index (Phi) is 6.25. The SMILES string of the molecule is CC1(C)CCC(n2nc3c(c2OS(=O)(=O)C(F)(F)F)CCN(C(=O)OC(C)(C)C)CC3)C1. The summed E-state index contributed by atoms with van der Waals surface area (Å²) in [5.41, 5.74) is -5.57. The first-order chi connectivity index (χ1) is 14.5. The van der Waals surface area contributed by atoms with Crippen molar-refractivity contribution < 1.29 is 35.3 Å². The normalized spacial score (nSPS) is 21.8. The van der Waals surface area contributed by atoms with Gasteiger partial charge >= 0.3 is 21.7 Å². The maximum Gasteiger partial charge on any atom is 0.534 e. The van der Waals surface area contributed by atoms with Gasteiger partial charge in [-0.15, -0.1) is 0 Å². The Balaban J connectivity index is 1.94. The maximum atomic E-state index is 13.1. The lowest BCUT2D eigenvalue weighted by Crippen LogP contribution is -2.38. The molecular formula is C20H30F3N3O5S. The van der Waals surface area contributed by atoms with Gasteiger partial charge in [0.15, 0.2) is 0 Å². The molecule has 1 unspecified atom stereocenters. The number of fused-ring (bicyclic) bond motifs is 1. The molecule has 1 aliphatic carbocycles. The van der Waals surface area contributed by atoms with Crippen molar-refractivity contribution in [2.75, 3.05) is 13.1 Å². The van der Waals surface area contributed by atoms with Crippen molar-refractivity contribution in [3.8, 4) is 5.88 Å². The highest BCUT2D eigenvalue weighted by molar-refractivity contribution is 7.87. The van der Waals surface area contributed by atoms with E-state index in [0.29, 0.717) is 18.5 Å². The van der Waals surface area contributed by atoms with E-state index in [2.05, 4.69) is 9.28 Å². The number of aromatic nitrogens is 2. The number of rotatable bonds is 3. The predicted molar refractivity (Wildman–Crippen MR) is 110 cm³/mol. The van der Waals surface area contributed by atoms with Crippen molar-refractivity contribution >= 4 is 16.2 Å². The topological polar surface area (TPSA) is 90.7 Å². The summed E-state index contributed by atoms with van der Waals surface area (Å²) in [6.45, 7) is 9.70. The molecule has 1 saturated carbocycles. The molecule has 2 aliphatic rings. The third-order valence-corrected chi connectivity index (χ3v) is 6.65. The van der Waals surface area contributed by atoms with Gasteiger partial charge in [0.1, 0.15) is 5.60 Å². The second-order valence-electron chi connectivity index (χ2n) is 10.2. The lowest BCUT2D eigenvalue weighted by Gasteiger charge is -2.26. The number of amides is 1. The minimum absolute atomic E-state index is 0.0400. The van der Waals surface area contributed by atoms with Crippen LogP contribution in [0, 0.1) is 5.41 Å². The Morgan fingerprint density at radius 1 is 1.16 bits per heavy atom. The highest BCUT2D eigenvalue weighted by Crippen LogP contribution is 2.46. The fourth-order valence-electron chi connectivity index (χ4n) is 4.15. The van der Waals surface area contributed by atoms with Gasteiger partial charge in [-0.2, -0.15) is 26.7 Å². The molecule has 1 atom stereocenters. The molecule has 32 heavy (non-hydrogen) atoms. The third-order valence-electron chi connectivity index (χ3n) is 5.71. The van der Waals surface area contributed by atoms with E-state index >= 15 is 0 Å². The van der Waals surface area contributed by atoms with Crippen LogP contribution in [0.2, 0.25) is 0 Å². The van der Waals surface area contributed by atoms with Crippen LogP contribution in [0.1, 0.15) is 71.2 Å². The van der Waals surface area contributed by atoms with Gasteiger partial charge in [0, 0.05) is 25.1 Å². The lowest BCUT2D eigenvalue weighted by atomic mass is 9.92. The average molecular weight is 482 g/mol. The summed E-state index contributed by atoms with van der Waals surface area (Å²) in [7, 11) is -5.87. The van der Waals surface area contributed by atoms with Crippen LogP contribution in [0.25, 0.3) is 0 Å². The molecular weight excluding hydrogens is 451 g/mol. The van der Waals surface area contributed by atoms with Gasteiger partial charge in [-0.1, -0.05) is 13.8 Å². The van der Waals surface area contributed by atoms with Crippen molar-refractivity contribution in [3.63, 3.8) is 0 Å². The van der Waals surface area contributed by atoms with Crippen LogP contribution in [0.15, 0.2) is 0 Å². The first-order valence-corrected chi connectivity index (χ1v) is 12.0. The standard InChI is InChI=1S/C20H30F3N3O5S/c1-18(2,3)30-17(27)25-10-7-14-15(8-11-25)24-26(13-6-9-19(4,5)12-13)16(14)31-32(28,29)20(21,22)23/h13H,6-12H2,1-5H3. The third kappa shape index (κ3) is 5.32. The monoisotopic (exact) mass is 481 g/mol. The van der Waals surface area contributed by atoms with Gasteiger partial charge in [0.05, 0.1) is 11.7 Å². The summed E-state index contributed by atoms with van der Waals surface area (Å²) < 4.78 is 74.3. The van der Waals surface area contributed by atoms with Crippen LogP contribution in [0.3, 0.4) is 0 Å². The zero-order valence-electron chi connectivity index (χ0n) is 19.0. The zero-order valence-corrected chi connectivity index (χ0v) is 19.8. The van der Waals surface area contributed by atoms with Crippen molar-refractivity contribution in [2.45, 2.75) is 83.9 Å². The predicted octanol–water partition coefficient (Wildman–Crippen LogP) is 4.20. The molecule has 1 aliphatic heterocycles. The van der Waals surface area contributed by atoms with Gasteiger partial charge < -0.3 is 13.8 Å². The number of carbonyl (C=O) groups is 1. The van der Waals surface area contributed by atoms with Gasteiger partial charge in [-0.05, 0) is 51.9 Å². The fraction of sp³-hybridized carbons (Fsp3) is 0.800.